The molecule has 0 aliphatic heterocycles. The summed E-state index contributed by atoms with van der Waals surface area (Å²) in [5.41, 5.74) is 0.780. The van der Waals surface area contributed by atoms with Gasteiger partial charge < -0.3 is 9.90 Å². The minimum Gasteiger partial charge on any atom is -0.550 e. The number of halogens is 1. The molecule has 0 fully saturated rings. The molecule has 0 spiro atoms. The van der Waals surface area contributed by atoms with Gasteiger partial charge in [-0.15, -0.1) is 0 Å². The zero-order valence-corrected chi connectivity index (χ0v) is 6.75. The van der Waals surface area contributed by atoms with Crippen molar-refractivity contribution in [2.45, 2.75) is 6.42 Å². The fourth-order valence-corrected chi connectivity index (χ4v) is 0.763. The first-order valence-electron chi connectivity index (χ1n) is 3.03. The highest BCUT2D eigenvalue weighted by molar-refractivity contribution is 5.67. The van der Waals surface area contributed by atoms with Crippen LogP contribution in [0.5, 0.6) is 0 Å². The van der Waals surface area contributed by atoms with Crippen molar-refractivity contribution in [3.8, 4) is 0 Å². The van der Waals surface area contributed by atoms with Gasteiger partial charge in [-0.1, -0.05) is 30.3 Å². The Hall–Kier alpha value is -1.02. The van der Waals surface area contributed by atoms with Gasteiger partial charge >= 0.3 is 0 Å². The summed E-state index contributed by atoms with van der Waals surface area (Å²) in [4.78, 5) is 10.1. The van der Waals surface area contributed by atoms with Gasteiger partial charge in [-0.2, -0.15) is 0 Å². The Morgan fingerprint density at radius 1 is 1.27 bits per heavy atom. The molecule has 0 amide bonds. The van der Waals surface area contributed by atoms with E-state index in [2.05, 4.69) is 0 Å². The van der Waals surface area contributed by atoms with E-state index in [4.69, 9.17) is 0 Å². The molecule has 0 saturated heterocycles. The molecule has 60 valence electrons. The largest absolute Gasteiger partial charge is 0.550 e. The molecule has 1 aromatic rings. The van der Waals surface area contributed by atoms with Gasteiger partial charge in [0.1, 0.15) is 0 Å². The average molecular weight is 173 g/mol. The monoisotopic (exact) mass is 172 g/mol. The molecule has 0 unspecified atom stereocenters. The van der Waals surface area contributed by atoms with Gasteiger partial charge in [0.25, 0.3) is 0 Å². The van der Waals surface area contributed by atoms with Crippen LogP contribution in [0.1, 0.15) is 5.56 Å². The van der Waals surface area contributed by atoms with Crippen molar-refractivity contribution in [2.75, 3.05) is 0 Å². The molecule has 2 nitrogen and oxygen atoms in total. The summed E-state index contributed by atoms with van der Waals surface area (Å²) in [5.74, 6) is -1.04. The number of carboxylic acids is 1. The number of hydrogen-bond acceptors (Lipinski definition) is 2. The summed E-state index contributed by atoms with van der Waals surface area (Å²) >= 11 is 0. The van der Waals surface area contributed by atoms with Crippen molar-refractivity contribution in [1.82, 2.24) is 0 Å². The topological polar surface area (TPSA) is 40.1 Å². The highest BCUT2D eigenvalue weighted by Crippen LogP contribution is 1.97. The molecule has 0 N–H and O–H groups in total. The van der Waals surface area contributed by atoms with E-state index in [1.54, 1.807) is 24.3 Å². The van der Waals surface area contributed by atoms with Crippen LogP contribution >= 0.6 is 0 Å². The molecule has 3 heteroatoms. The molecule has 0 aliphatic rings. The van der Waals surface area contributed by atoms with Crippen LogP contribution in [-0.2, 0) is 11.2 Å². The standard InChI is InChI=1S/C8H8O2.ClH2/c9-8(10)6-7-4-2-1-3-5-7;/h1-5H,6H2,(H,9,10);1H2/q;+1/p-1. The first-order chi connectivity index (χ1) is 4.79. The average Bonchev–Trinajstić information content (AvgIpc) is 1.88. The Morgan fingerprint density at radius 2 is 1.82 bits per heavy atom. The second-order valence-corrected chi connectivity index (χ2v) is 2.03. The fraction of sp³-hybridized carbons (Fsp3) is 0.125. The van der Waals surface area contributed by atoms with E-state index in [9.17, 15) is 9.90 Å². The van der Waals surface area contributed by atoms with E-state index in [0.29, 0.717) is 0 Å². The summed E-state index contributed by atoms with van der Waals surface area (Å²) < 4.78 is 0. The minimum atomic E-state index is -1.04. The number of hydrogen-bond donors (Lipinski definition) is 0. The number of carbonyl (C=O) groups excluding carboxylic acids is 1. The van der Waals surface area contributed by atoms with Gasteiger partial charge in [0.2, 0.25) is 0 Å². The third-order valence-corrected chi connectivity index (χ3v) is 1.19. The van der Waals surface area contributed by atoms with E-state index >= 15 is 0 Å². The van der Waals surface area contributed by atoms with Crippen molar-refractivity contribution in [1.29, 1.82) is 0 Å². The highest BCUT2D eigenvalue weighted by Gasteiger charge is 1.88. The third kappa shape index (κ3) is 3.63. The van der Waals surface area contributed by atoms with Crippen LogP contribution < -0.4 is 5.11 Å². The molecule has 0 radical (unpaired) electrons. The lowest BCUT2D eigenvalue weighted by molar-refractivity contribution is -0.304. The van der Waals surface area contributed by atoms with Crippen LogP contribution in [-0.4, -0.2) is 5.97 Å². The van der Waals surface area contributed by atoms with Gasteiger partial charge in [-0.3, -0.25) is 0 Å². The first kappa shape index (κ1) is 9.98. The zero-order chi connectivity index (χ0) is 7.40. The maximum absolute atomic E-state index is 10.1. The van der Waals surface area contributed by atoms with Crippen LogP contribution in [0.25, 0.3) is 0 Å². The van der Waals surface area contributed by atoms with Crippen LogP contribution in [0.3, 0.4) is 0 Å². The molecular weight excluding hydrogens is 164 g/mol. The summed E-state index contributed by atoms with van der Waals surface area (Å²) in [6, 6.07) is 8.97. The van der Waals surface area contributed by atoms with Crippen molar-refractivity contribution < 1.29 is 22.3 Å². The van der Waals surface area contributed by atoms with Crippen LogP contribution in [0.15, 0.2) is 30.3 Å². The summed E-state index contributed by atoms with van der Waals surface area (Å²) in [6.07, 6.45) is 0.000833. The van der Waals surface area contributed by atoms with Crippen molar-refractivity contribution >= 4 is 5.97 Å². The quantitative estimate of drug-likeness (QED) is 0.600. The lowest BCUT2D eigenvalue weighted by Gasteiger charge is -1.99. The van der Waals surface area contributed by atoms with Crippen molar-refractivity contribution in [2.24, 2.45) is 0 Å². The van der Waals surface area contributed by atoms with Gasteiger partial charge in [0.05, 0.1) is 12.4 Å². The summed E-state index contributed by atoms with van der Waals surface area (Å²) in [6.45, 7) is 0. The number of carboxylic acid groups (broad SMARTS) is 1. The molecule has 0 saturated carbocycles. The molecule has 0 heterocycles. The Kier molecular flexibility index (Phi) is 4.30. The lowest BCUT2D eigenvalue weighted by Crippen LogP contribution is -2.24. The second kappa shape index (κ2) is 4.74. The predicted octanol–water partition coefficient (Wildman–Crippen LogP) is -0.556. The number of rotatable bonds is 2. The number of benzene rings is 1. The van der Waals surface area contributed by atoms with Gasteiger partial charge in [-0.25, -0.2) is 0 Å². The molecule has 11 heavy (non-hydrogen) atoms. The zero-order valence-electron chi connectivity index (χ0n) is 5.86. The Morgan fingerprint density at radius 3 is 2.27 bits per heavy atom. The maximum atomic E-state index is 10.1. The van der Waals surface area contributed by atoms with Gasteiger partial charge in [-0.05, 0) is 5.56 Å². The molecular formula is C8H9ClO2. The van der Waals surface area contributed by atoms with Gasteiger partial charge in [0.15, 0.2) is 0 Å². The van der Waals surface area contributed by atoms with E-state index in [-0.39, 0.29) is 18.8 Å². The third-order valence-electron chi connectivity index (χ3n) is 1.19. The molecule has 0 atom stereocenters. The lowest BCUT2D eigenvalue weighted by atomic mass is 10.2. The SMILES string of the molecule is O=C([O-])Cc1ccccc1.[ClH2+]. The van der Waals surface area contributed by atoms with Crippen molar-refractivity contribution in [3.05, 3.63) is 35.9 Å². The minimum absolute atomic E-state index is 0. The fourth-order valence-electron chi connectivity index (χ4n) is 0.763. The Labute approximate surface area is 71.3 Å². The Balaban J connectivity index is 0.000001000. The van der Waals surface area contributed by atoms with Crippen LogP contribution in [0.4, 0.5) is 0 Å². The predicted molar refractivity (Wildman–Crippen MR) is 37.9 cm³/mol. The normalized spacial score (nSPS) is 8.36. The molecule has 0 aromatic heterocycles. The van der Waals surface area contributed by atoms with Crippen molar-refractivity contribution in [3.63, 3.8) is 0 Å². The maximum Gasteiger partial charge on any atom is 0.0903 e. The first-order valence-corrected chi connectivity index (χ1v) is 3.03. The smallest absolute Gasteiger partial charge is 0.0903 e. The summed E-state index contributed by atoms with van der Waals surface area (Å²) in [7, 11) is 0. The van der Waals surface area contributed by atoms with Crippen LogP contribution in [0, 0.1) is 12.4 Å². The molecule has 0 aliphatic carbocycles. The summed E-state index contributed by atoms with van der Waals surface area (Å²) in [5, 5.41) is 10.1. The molecule has 0 bridgehead atoms. The van der Waals surface area contributed by atoms with Gasteiger partial charge in [0, 0.05) is 12.4 Å². The second-order valence-electron chi connectivity index (χ2n) is 2.03. The Bertz CT molecular complexity index is 221. The highest BCUT2D eigenvalue weighted by atomic mass is 35.5. The van der Waals surface area contributed by atoms with E-state index in [1.807, 2.05) is 6.07 Å². The number of carbonyl (C=O) groups is 1. The van der Waals surface area contributed by atoms with E-state index < -0.39 is 5.97 Å². The molecule has 1 rings (SSSR count). The number of aliphatic carboxylic acids is 1. The van der Waals surface area contributed by atoms with E-state index in [0.717, 1.165) is 5.56 Å². The van der Waals surface area contributed by atoms with Crippen LogP contribution in [0.2, 0.25) is 0 Å². The van der Waals surface area contributed by atoms with E-state index in [1.165, 1.54) is 0 Å². The molecule has 1 aromatic carbocycles.